The van der Waals surface area contributed by atoms with Crippen LogP contribution in [0.5, 0.6) is 0 Å². The van der Waals surface area contributed by atoms with E-state index < -0.39 is 17.8 Å². The predicted molar refractivity (Wildman–Crippen MR) is 87.2 cm³/mol. The molecule has 0 aliphatic carbocycles. The van der Waals surface area contributed by atoms with Crippen LogP contribution in [-0.4, -0.2) is 44.3 Å². The number of amides is 4. The first kappa shape index (κ1) is 17.1. The Hall–Kier alpha value is -2.74. The van der Waals surface area contributed by atoms with E-state index in [4.69, 9.17) is 16.1 Å². The number of urea groups is 1. The summed E-state index contributed by atoms with van der Waals surface area (Å²) in [5, 5.41) is 4.33. The molecule has 1 fully saturated rings. The molecule has 130 valence electrons. The zero-order chi connectivity index (χ0) is 18.1. The van der Waals surface area contributed by atoms with E-state index in [-0.39, 0.29) is 30.7 Å². The molecule has 0 unspecified atom stereocenters. The summed E-state index contributed by atoms with van der Waals surface area (Å²) < 4.78 is 5.09. The quantitative estimate of drug-likeness (QED) is 0.598. The van der Waals surface area contributed by atoms with Crippen LogP contribution >= 0.6 is 11.6 Å². The molecule has 2 aromatic rings. The van der Waals surface area contributed by atoms with E-state index in [2.05, 4.69) is 10.1 Å². The number of aromatic nitrogens is 2. The molecule has 9 heteroatoms. The Morgan fingerprint density at radius 2 is 1.88 bits per heavy atom. The number of carbonyl (C=O) groups excluding carboxylic acids is 3. The molecule has 0 N–H and O–H groups in total. The van der Waals surface area contributed by atoms with Crippen molar-refractivity contribution in [3.8, 4) is 11.4 Å². The molecule has 0 bridgehead atoms. The van der Waals surface area contributed by atoms with Crippen LogP contribution in [0.25, 0.3) is 11.4 Å². The molecule has 2 heterocycles. The van der Waals surface area contributed by atoms with Crippen molar-refractivity contribution in [3.05, 3.63) is 35.2 Å². The summed E-state index contributed by atoms with van der Waals surface area (Å²) in [5.41, 5.74) is 0.638. The molecular weight excluding hydrogens is 348 g/mol. The van der Waals surface area contributed by atoms with Crippen molar-refractivity contribution in [3.63, 3.8) is 0 Å². The third-order valence-electron chi connectivity index (χ3n) is 3.53. The maximum Gasteiger partial charge on any atom is 0.334 e. The van der Waals surface area contributed by atoms with Crippen LogP contribution in [0.4, 0.5) is 4.79 Å². The van der Waals surface area contributed by atoms with E-state index in [0.29, 0.717) is 10.6 Å². The minimum Gasteiger partial charge on any atom is -0.337 e. The Bertz CT molecular complexity index is 848. The molecular formula is C16H15ClN4O4. The van der Waals surface area contributed by atoms with Gasteiger partial charge in [0, 0.05) is 17.1 Å². The number of imide groups is 2. The molecule has 3 rings (SSSR count). The average molecular weight is 363 g/mol. The number of rotatable bonds is 5. The SMILES string of the molecule is CC(C)CN1C(=O)C(=O)N(Cc2nc(-c3cccc(Cl)c3)no2)C1=O. The lowest BCUT2D eigenvalue weighted by molar-refractivity contribution is -0.143. The fourth-order valence-electron chi connectivity index (χ4n) is 2.42. The molecule has 0 radical (unpaired) electrons. The van der Waals surface area contributed by atoms with Crippen molar-refractivity contribution >= 4 is 29.4 Å². The number of hydrogen-bond donors (Lipinski definition) is 0. The van der Waals surface area contributed by atoms with E-state index in [1.165, 1.54) is 0 Å². The molecule has 0 atom stereocenters. The molecule has 8 nitrogen and oxygen atoms in total. The Kier molecular flexibility index (Phi) is 4.54. The van der Waals surface area contributed by atoms with Gasteiger partial charge < -0.3 is 4.52 Å². The van der Waals surface area contributed by atoms with Gasteiger partial charge in [0.05, 0.1) is 0 Å². The summed E-state index contributed by atoms with van der Waals surface area (Å²) in [7, 11) is 0. The third kappa shape index (κ3) is 3.39. The van der Waals surface area contributed by atoms with Crippen LogP contribution in [0.1, 0.15) is 19.7 Å². The molecule has 4 amide bonds. The summed E-state index contributed by atoms with van der Waals surface area (Å²) >= 11 is 5.92. The molecule has 0 spiro atoms. The minimum atomic E-state index is -0.895. The minimum absolute atomic E-state index is 0.0517. The van der Waals surface area contributed by atoms with Gasteiger partial charge >= 0.3 is 17.8 Å². The number of carbonyl (C=O) groups is 3. The lowest BCUT2D eigenvalue weighted by atomic mass is 10.2. The number of benzene rings is 1. The van der Waals surface area contributed by atoms with Crippen molar-refractivity contribution in [1.29, 1.82) is 0 Å². The van der Waals surface area contributed by atoms with Crippen LogP contribution < -0.4 is 0 Å². The van der Waals surface area contributed by atoms with Gasteiger partial charge in [-0.2, -0.15) is 4.98 Å². The van der Waals surface area contributed by atoms with Crippen molar-refractivity contribution < 1.29 is 18.9 Å². The highest BCUT2D eigenvalue weighted by Crippen LogP contribution is 2.21. The first-order valence-corrected chi connectivity index (χ1v) is 8.00. The number of halogens is 1. The van der Waals surface area contributed by atoms with E-state index in [1.807, 2.05) is 13.8 Å². The lowest BCUT2D eigenvalue weighted by Crippen LogP contribution is -2.35. The van der Waals surface area contributed by atoms with Gasteiger partial charge in [-0.05, 0) is 18.1 Å². The summed E-state index contributed by atoms with van der Waals surface area (Å²) in [6.07, 6.45) is 0. The van der Waals surface area contributed by atoms with Gasteiger partial charge in [0.1, 0.15) is 6.54 Å². The van der Waals surface area contributed by atoms with Crippen LogP contribution in [0.2, 0.25) is 5.02 Å². The zero-order valence-electron chi connectivity index (χ0n) is 13.6. The highest BCUT2D eigenvalue weighted by Gasteiger charge is 2.45. The topological polar surface area (TPSA) is 96.6 Å². The van der Waals surface area contributed by atoms with Crippen molar-refractivity contribution in [2.75, 3.05) is 6.54 Å². The smallest absolute Gasteiger partial charge is 0.334 e. The first-order chi connectivity index (χ1) is 11.9. The maximum absolute atomic E-state index is 12.3. The molecule has 1 saturated heterocycles. The predicted octanol–water partition coefficient (Wildman–Crippen LogP) is 2.34. The van der Waals surface area contributed by atoms with Gasteiger partial charge in [0.2, 0.25) is 11.7 Å². The average Bonchev–Trinajstić information content (AvgIpc) is 3.10. The normalized spacial score (nSPS) is 15.0. The lowest BCUT2D eigenvalue weighted by Gasteiger charge is -2.15. The molecule has 1 aromatic heterocycles. The van der Waals surface area contributed by atoms with Crippen molar-refractivity contribution in [2.24, 2.45) is 5.92 Å². The molecule has 1 aliphatic heterocycles. The monoisotopic (exact) mass is 362 g/mol. The standard InChI is InChI=1S/C16H15ClN4O4/c1-9(2)7-20-14(22)15(23)21(16(20)24)8-12-18-13(19-25-12)10-4-3-5-11(17)6-10/h3-6,9H,7-8H2,1-2H3. The highest BCUT2D eigenvalue weighted by atomic mass is 35.5. The molecule has 25 heavy (non-hydrogen) atoms. The van der Waals surface area contributed by atoms with Gasteiger partial charge in [-0.15, -0.1) is 0 Å². The summed E-state index contributed by atoms with van der Waals surface area (Å²) in [6.45, 7) is 3.62. The van der Waals surface area contributed by atoms with Crippen molar-refractivity contribution in [1.82, 2.24) is 19.9 Å². The first-order valence-electron chi connectivity index (χ1n) is 7.62. The van der Waals surface area contributed by atoms with Crippen molar-refractivity contribution in [2.45, 2.75) is 20.4 Å². The van der Waals surface area contributed by atoms with E-state index in [1.54, 1.807) is 24.3 Å². The second-order valence-electron chi connectivity index (χ2n) is 6.01. The van der Waals surface area contributed by atoms with Crippen LogP contribution in [0.15, 0.2) is 28.8 Å². The van der Waals surface area contributed by atoms with E-state index in [0.717, 1.165) is 9.80 Å². The Morgan fingerprint density at radius 3 is 2.56 bits per heavy atom. The van der Waals surface area contributed by atoms with Gasteiger partial charge in [-0.1, -0.05) is 42.7 Å². The van der Waals surface area contributed by atoms with Gasteiger partial charge in [-0.3, -0.25) is 14.5 Å². The Morgan fingerprint density at radius 1 is 1.16 bits per heavy atom. The largest absolute Gasteiger partial charge is 0.337 e. The fraction of sp³-hybridized carbons (Fsp3) is 0.312. The van der Waals surface area contributed by atoms with Crippen LogP contribution in [0.3, 0.4) is 0 Å². The van der Waals surface area contributed by atoms with Gasteiger partial charge in [-0.25, -0.2) is 9.69 Å². The number of nitrogens with zero attached hydrogens (tertiary/aromatic N) is 4. The fourth-order valence-corrected chi connectivity index (χ4v) is 2.61. The maximum atomic E-state index is 12.3. The Labute approximate surface area is 148 Å². The second kappa shape index (κ2) is 6.64. The molecule has 1 aromatic carbocycles. The second-order valence-corrected chi connectivity index (χ2v) is 6.44. The molecule has 0 saturated carbocycles. The molecule has 1 aliphatic rings. The summed E-state index contributed by atoms with van der Waals surface area (Å²) in [6, 6.07) is 6.19. The van der Waals surface area contributed by atoms with E-state index >= 15 is 0 Å². The highest BCUT2D eigenvalue weighted by molar-refractivity contribution is 6.44. The Balaban J connectivity index is 1.78. The summed E-state index contributed by atoms with van der Waals surface area (Å²) in [5.74, 6) is -1.35. The van der Waals surface area contributed by atoms with Gasteiger partial charge in [0.15, 0.2) is 0 Å². The summed E-state index contributed by atoms with van der Waals surface area (Å²) in [4.78, 5) is 42.2. The third-order valence-corrected chi connectivity index (χ3v) is 3.76. The van der Waals surface area contributed by atoms with Crippen LogP contribution in [-0.2, 0) is 16.1 Å². The number of hydrogen-bond acceptors (Lipinski definition) is 6. The van der Waals surface area contributed by atoms with Crippen LogP contribution in [0, 0.1) is 5.92 Å². The van der Waals surface area contributed by atoms with E-state index in [9.17, 15) is 14.4 Å². The van der Waals surface area contributed by atoms with Gasteiger partial charge in [0.25, 0.3) is 0 Å². The zero-order valence-corrected chi connectivity index (χ0v) is 14.4.